The Bertz CT molecular complexity index is 1050. The predicted molar refractivity (Wildman–Crippen MR) is 118 cm³/mol. The molecule has 0 spiro atoms. The van der Waals surface area contributed by atoms with Crippen molar-refractivity contribution < 1.29 is 17.9 Å². The molecule has 0 aliphatic carbocycles. The largest absolute Gasteiger partial charge is 0.466 e. The highest BCUT2D eigenvalue weighted by molar-refractivity contribution is 7.88. The molecule has 0 saturated carbocycles. The van der Waals surface area contributed by atoms with Gasteiger partial charge in [0.05, 0.1) is 24.5 Å². The first-order chi connectivity index (χ1) is 14.9. The number of piperidine rings is 1. The van der Waals surface area contributed by atoms with Gasteiger partial charge in [0.25, 0.3) is 0 Å². The maximum atomic E-state index is 12.2. The molecule has 1 saturated heterocycles. The van der Waals surface area contributed by atoms with E-state index in [0.29, 0.717) is 51.3 Å². The summed E-state index contributed by atoms with van der Waals surface area (Å²) in [7, 11) is -3.31. The number of benzene rings is 1. The van der Waals surface area contributed by atoms with Gasteiger partial charge in [0.15, 0.2) is 5.82 Å². The number of esters is 1. The smallest absolute Gasteiger partial charge is 0.309 e. The van der Waals surface area contributed by atoms with Crippen LogP contribution in [0.15, 0.2) is 30.3 Å². The van der Waals surface area contributed by atoms with E-state index in [1.54, 1.807) is 0 Å². The number of hydrogen-bond acceptors (Lipinski definition) is 7. The van der Waals surface area contributed by atoms with E-state index in [-0.39, 0.29) is 18.4 Å². The van der Waals surface area contributed by atoms with Crippen LogP contribution in [0, 0.1) is 5.92 Å². The Hall–Kier alpha value is -2.52. The number of ether oxygens (including phenoxy) is 1. The van der Waals surface area contributed by atoms with Crippen molar-refractivity contribution in [3.63, 3.8) is 0 Å². The summed E-state index contributed by atoms with van der Waals surface area (Å²) < 4.78 is 31.0. The first-order valence-electron chi connectivity index (χ1n) is 10.7. The summed E-state index contributed by atoms with van der Waals surface area (Å²) in [6.07, 6.45) is 3.17. The summed E-state index contributed by atoms with van der Waals surface area (Å²) >= 11 is 0. The molecule has 4 rings (SSSR count). The fraction of sp³-hybridized carbons (Fsp3) is 0.500. The van der Waals surface area contributed by atoms with Gasteiger partial charge in [-0.1, -0.05) is 30.3 Å². The zero-order chi connectivity index (χ0) is 22.0. The van der Waals surface area contributed by atoms with Gasteiger partial charge in [-0.25, -0.2) is 18.4 Å². The number of carbonyl (C=O) groups is 1. The molecule has 0 unspecified atom stereocenters. The van der Waals surface area contributed by atoms with Gasteiger partial charge < -0.3 is 9.64 Å². The van der Waals surface area contributed by atoms with E-state index in [1.807, 2.05) is 37.3 Å². The van der Waals surface area contributed by atoms with Crippen LogP contribution in [-0.2, 0) is 32.5 Å². The quantitative estimate of drug-likeness (QED) is 0.653. The second-order valence-electron chi connectivity index (χ2n) is 8.02. The molecule has 2 aromatic rings. The Morgan fingerprint density at radius 2 is 1.84 bits per heavy atom. The topological polar surface area (TPSA) is 92.7 Å². The molecule has 0 N–H and O–H groups in total. The fourth-order valence-electron chi connectivity index (χ4n) is 4.22. The van der Waals surface area contributed by atoms with Gasteiger partial charge >= 0.3 is 5.97 Å². The molecule has 8 nitrogen and oxygen atoms in total. The summed E-state index contributed by atoms with van der Waals surface area (Å²) in [4.78, 5) is 24.0. The zero-order valence-electron chi connectivity index (χ0n) is 18.0. The highest BCUT2D eigenvalue weighted by atomic mass is 32.2. The van der Waals surface area contributed by atoms with Crippen LogP contribution in [0.2, 0.25) is 0 Å². The van der Waals surface area contributed by atoms with E-state index in [0.717, 1.165) is 22.6 Å². The summed E-state index contributed by atoms with van der Waals surface area (Å²) in [5.74, 6) is 1.18. The van der Waals surface area contributed by atoms with Crippen LogP contribution in [-0.4, -0.2) is 61.2 Å². The first-order valence-corrected chi connectivity index (χ1v) is 12.5. The molecule has 2 aliphatic rings. The lowest BCUT2D eigenvalue weighted by Crippen LogP contribution is -2.41. The summed E-state index contributed by atoms with van der Waals surface area (Å²) in [6.45, 7) is 4.23. The van der Waals surface area contributed by atoms with Crippen molar-refractivity contribution in [2.24, 2.45) is 5.92 Å². The SMILES string of the molecule is CCOC(=O)C1CCN(c2nc(-c3ccccc3)nc3c2CN(S(C)(=O)=O)CC3)CC1. The lowest BCUT2D eigenvalue weighted by molar-refractivity contribution is -0.148. The number of nitrogens with zero attached hydrogens (tertiary/aromatic N) is 4. The van der Waals surface area contributed by atoms with Crippen LogP contribution in [0.4, 0.5) is 5.82 Å². The molecule has 9 heteroatoms. The minimum Gasteiger partial charge on any atom is -0.466 e. The number of rotatable bonds is 5. The van der Waals surface area contributed by atoms with Crippen molar-refractivity contribution in [2.45, 2.75) is 32.7 Å². The molecule has 0 amide bonds. The van der Waals surface area contributed by atoms with Crippen molar-refractivity contribution in [1.82, 2.24) is 14.3 Å². The minimum absolute atomic E-state index is 0.102. The number of carbonyl (C=O) groups excluding carboxylic acids is 1. The average molecular weight is 445 g/mol. The van der Waals surface area contributed by atoms with Crippen LogP contribution < -0.4 is 4.90 Å². The van der Waals surface area contributed by atoms with Crippen molar-refractivity contribution in [3.05, 3.63) is 41.6 Å². The molecule has 1 fully saturated rings. The van der Waals surface area contributed by atoms with E-state index < -0.39 is 10.0 Å². The lowest BCUT2D eigenvalue weighted by atomic mass is 9.96. The van der Waals surface area contributed by atoms with Crippen molar-refractivity contribution in [1.29, 1.82) is 0 Å². The van der Waals surface area contributed by atoms with Crippen LogP contribution in [0.5, 0.6) is 0 Å². The summed E-state index contributed by atoms with van der Waals surface area (Å²) in [5, 5.41) is 0. The second kappa shape index (κ2) is 8.92. The van der Waals surface area contributed by atoms with Gasteiger partial charge in [-0.2, -0.15) is 4.31 Å². The molecule has 31 heavy (non-hydrogen) atoms. The highest BCUT2D eigenvalue weighted by Gasteiger charge is 2.32. The Morgan fingerprint density at radius 1 is 1.13 bits per heavy atom. The molecule has 166 valence electrons. The first kappa shape index (κ1) is 21.7. The lowest BCUT2D eigenvalue weighted by Gasteiger charge is -2.35. The zero-order valence-corrected chi connectivity index (χ0v) is 18.8. The predicted octanol–water partition coefficient (Wildman–Crippen LogP) is 2.24. The molecule has 3 heterocycles. The third-order valence-electron chi connectivity index (χ3n) is 5.92. The Balaban J connectivity index is 1.68. The van der Waals surface area contributed by atoms with Crippen LogP contribution >= 0.6 is 0 Å². The maximum Gasteiger partial charge on any atom is 0.309 e. The van der Waals surface area contributed by atoms with E-state index >= 15 is 0 Å². The van der Waals surface area contributed by atoms with Crippen LogP contribution in [0.3, 0.4) is 0 Å². The van der Waals surface area contributed by atoms with Gasteiger partial charge in [-0.15, -0.1) is 0 Å². The van der Waals surface area contributed by atoms with E-state index in [2.05, 4.69) is 4.90 Å². The number of hydrogen-bond donors (Lipinski definition) is 0. The average Bonchev–Trinajstić information content (AvgIpc) is 2.78. The van der Waals surface area contributed by atoms with Crippen molar-refractivity contribution in [3.8, 4) is 11.4 Å². The molecule has 1 aromatic heterocycles. The number of fused-ring (bicyclic) bond motifs is 1. The Morgan fingerprint density at radius 3 is 2.48 bits per heavy atom. The normalized spacial score (nSPS) is 17.9. The number of sulfonamides is 1. The molecule has 2 aliphatic heterocycles. The second-order valence-corrected chi connectivity index (χ2v) is 10.0. The summed E-state index contributed by atoms with van der Waals surface area (Å²) in [6, 6.07) is 9.81. The Labute approximate surface area is 183 Å². The summed E-state index contributed by atoms with van der Waals surface area (Å²) in [5.41, 5.74) is 2.70. The fourth-order valence-corrected chi connectivity index (χ4v) is 5.01. The van der Waals surface area contributed by atoms with Crippen molar-refractivity contribution >= 4 is 21.8 Å². The monoisotopic (exact) mass is 444 g/mol. The molecule has 1 aromatic carbocycles. The van der Waals surface area contributed by atoms with Gasteiger partial charge in [-0.3, -0.25) is 4.79 Å². The van der Waals surface area contributed by atoms with Gasteiger partial charge in [0, 0.05) is 43.7 Å². The van der Waals surface area contributed by atoms with E-state index in [9.17, 15) is 13.2 Å². The van der Waals surface area contributed by atoms with Gasteiger partial charge in [-0.05, 0) is 19.8 Å². The maximum absolute atomic E-state index is 12.2. The van der Waals surface area contributed by atoms with Crippen LogP contribution in [0.1, 0.15) is 31.0 Å². The molecule has 0 radical (unpaired) electrons. The standard InChI is InChI=1S/C22H28N4O4S/c1-3-30-22(27)17-9-12-25(13-10-17)21-18-15-26(31(2,28)29)14-11-19(18)23-20(24-21)16-7-5-4-6-8-16/h4-8,17H,3,9-15H2,1-2H3. The van der Waals surface area contributed by atoms with Crippen LogP contribution in [0.25, 0.3) is 11.4 Å². The number of anilines is 1. The van der Waals surface area contributed by atoms with E-state index in [4.69, 9.17) is 14.7 Å². The molecular weight excluding hydrogens is 416 g/mol. The van der Waals surface area contributed by atoms with Gasteiger partial charge in [0.1, 0.15) is 5.82 Å². The highest BCUT2D eigenvalue weighted by Crippen LogP contribution is 2.33. The number of aromatic nitrogens is 2. The molecular formula is C22H28N4O4S. The van der Waals surface area contributed by atoms with Gasteiger partial charge in [0.2, 0.25) is 10.0 Å². The third kappa shape index (κ3) is 4.72. The minimum atomic E-state index is -3.31. The third-order valence-corrected chi connectivity index (χ3v) is 7.17. The molecule has 0 atom stereocenters. The van der Waals surface area contributed by atoms with Crippen molar-refractivity contribution in [2.75, 3.05) is 37.4 Å². The van der Waals surface area contributed by atoms with E-state index in [1.165, 1.54) is 10.6 Å². The Kier molecular flexibility index (Phi) is 6.24. The molecule has 0 bridgehead atoms.